The average Bonchev–Trinajstić information content (AvgIpc) is 2.50. The summed E-state index contributed by atoms with van der Waals surface area (Å²) in [7, 11) is 0. The standard InChI is InChI=1S/C16H21NO4/c1-3-11(2)17(10-15(18)19)16(20)13-8-9-21-14-7-5-4-6-12(13)14/h4-7,11,13H,3,8-10H2,1-2H3,(H,18,19). The summed E-state index contributed by atoms with van der Waals surface area (Å²) < 4.78 is 5.56. The molecule has 0 fully saturated rings. The smallest absolute Gasteiger partial charge is 0.323 e. The Kier molecular flexibility index (Phi) is 4.83. The molecule has 1 aromatic carbocycles. The lowest BCUT2D eigenvalue weighted by Gasteiger charge is -2.33. The van der Waals surface area contributed by atoms with Crippen LogP contribution in [0.3, 0.4) is 0 Å². The summed E-state index contributed by atoms with van der Waals surface area (Å²) in [6.07, 6.45) is 1.31. The first-order valence-electron chi connectivity index (χ1n) is 7.28. The van der Waals surface area contributed by atoms with Gasteiger partial charge in [-0.2, -0.15) is 0 Å². The van der Waals surface area contributed by atoms with E-state index in [-0.39, 0.29) is 24.4 Å². The number of hydrogen-bond donors (Lipinski definition) is 1. The van der Waals surface area contributed by atoms with E-state index in [0.29, 0.717) is 13.0 Å². The summed E-state index contributed by atoms with van der Waals surface area (Å²) in [6, 6.07) is 7.38. The van der Waals surface area contributed by atoms with Crippen molar-refractivity contribution < 1.29 is 19.4 Å². The highest BCUT2D eigenvalue weighted by Gasteiger charge is 2.33. The molecule has 2 atom stereocenters. The fraction of sp³-hybridized carbons (Fsp3) is 0.500. The Morgan fingerprint density at radius 2 is 2.14 bits per heavy atom. The Morgan fingerprint density at radius 3 is 2.81 bits per heavy atom. The van der Waals surface area contributed by atoms with Crippen molar-refractivity contribution in [1.82, 2.24) is 4.90 Å². The maximum atomic E-state index is 12.8. The zero-order valence-electron chi connectivity index (χ0n) is 12.4. The van der Waals surface area contributed by atoms with E-state index >= 15 is 0 Å². The number of amides is 1. The number of carbonyl (C=O) groups excluding carboxylic acids is 1. The predicted octanol–water partition coefficient (Wildman–Crippen LogP) is 2.26. The van der Waals surface area contributed by atoms with E-state index in [4.69, 9.17) is 9.84 Å². The molecule has 2 unspecified atom stereocenters. The maximum Gasteiger partial charge on any atom is 0.323 e. The fourth-order valence-corrected chi connectivity index (χ4v) is 2.62. The van der Waals surface area contributed by atoms with Crippen LogP contribution in [-0.2, 0) is 9.59 Å². The molecule has 21 heavy (non-hydrogen) atoms. The van der Waals surface area contributed by atoms with Crippen LogP contribution in [0.15, 0.2) is 24.3 Å². The van der Waals surface area contributed by atoms with Crippen LogP contribution < -0.4 is 4.74 Å². The fourth-order valence-electron chi connectivity index (χ4n) is 2.62. The molecule has 114 valence electrons. The number of para-hydroxylation sites is 1. The third-order valence-corrected chi connectivity index (χ3v) is 3.97. The first-order chi connectivity index (χ1) is 10.0. The molecular weight excluding hydrogens is 270 g/mol. The van der Waals surface area contributed by atoms with E-state index in [1.165, 1.54) is 4.90 Å². The van der Waals surface area contributed by atoms with Gasteiger partial charge >= 0.3 is 5.97 Å². The van der Waals surface area contributed by atoms with Crippen LogP contribution in [0.4, 0.5) is 0 Å². The molecule has 5 heteroatoms. The van der Waals surface area contributed by atoms with E-state index in [1.54, 1.807) is 0 Å². The minimum atomic E-state index is -0.982. The summed E-state index contributed by atoms with van der Waals surface area (Å²) in [6.45, 7) is 4.05. The Hall–Kier alpha value is -2.04. The van der Waals surface area contributed by atoms with Crippen molar-refractivity contribution in [2.75, 3.05) is 13.2 Å². The lowest BCUT2D eigenvalue weighted by molar-refractivity contribution is -0.147. The molecule has 2 rings (SSSR count). The lowest BCUT2D eigenvalue weighted by atomic mass is 9.91. The SMILES string of the molecule is CCC(C)N(CC(=O)O)C(=O)C1CCOc2ccccc21. The third kappa shape index (κ3) is 3.35. The van der Waals surface area contributed by atoms with Gasteiger partial charge in [-0.05, 0) is 25.8 Å². The highest BCUT2D eigenvalue weighted by atomic mass is 16.5. The van der Waals surface area contributed by atoms with Crippen LogP contribution in [0.2, 0.25) is 0 Å². The summed E-state index contributed by atoms with van der Waals surface area (Å²) in [5.41, 5.74) is 0.854. The second-order valence-electron chi connectivity index (χ2n) is 5.34. The van der Waals surface area contributed by atoms with Gasteiger partial charge in [0.15, 0.2) is 0 Å². The van der Waals surface area contributed by atoms with Crippen molar-refractivity contribution in [3.05, 3.63) is 29.8 Å². The van der Waals surface area contributed by atoms with Crippen LogP contribution in [0.5, 0.6) is 5.75 Å². The summed E-state index contributed by atoms with van der Waals surface area (Å²) in [4.78, 5) is 25.3. The molecule has 1 amide bonds. The van der Waals surface area contributed by atoms with Gasteiger partial charge in [-0.15, -0.1) is 0 Å². The lowest BCUT2D eigenvalue weighted by Crippen LogP contribution is -2.45. The number of carboxylic acids is 1. The van der Waals surface area contributed by atoms with Crippen molar-refractivity contribution in [2.24, 2.45) is 0 Å². The van der Waals surface area contributed by atoms with E-state index in [2.05, 4.69) is 0 Å². The Balaban J connectivity index is 2.27. The van der Waals surface area contributed by atoms with Gasteiger partial charge in [0.25, 0.3) is 0 Å². The van der Waals surface area contributed by atoms with Gasteiger partial charge in [0.1, 0.15) is 12.3 Å². The molecule has 0 radical (unpaired) electrons. The first kappa shape index (κ1) is 15.4. The Bertz CT molecular complexity index is 529. The van der Waals surface area contributed by atoms with Gasteiger partial charge < -0.3 is 14.7 Å². The van der Waals surface area contributed by atoms with Crippen LogP contribution in [0.25, 0.3) is 0 Å². The first-order valence-corrected chi connectivity index (χ1v) is 7.28. The molecule has 0 spiro atoms. The number of hydrogen-bond acceptors (Lipinski definition) is 3. The third-order valence-electron chi connectivity index (χ3n) is 3.97. The van der Waals surface area contributed by atoms with Gasteiger partial charge in [-0.25, -0.2) is 0 Å². The molecule has 1 heterocycles. The number of rotatable bonds is 5. The van der Waals surface area contributed by atoms with Crippen LogP contribution in [0, 0.1) is 0 Å². The second kappa shape index (κ2) is 6.61. The van der Waals surface area contributed by atoms with E-state index in [0.717, 1.165) is 17.7 Å². The molecule has 1 aromatic rings. The van der Waals surface area contributed by atoms with E-state index in [9.17, 15) is 9.59 Å². The molecule has 1 aliphatic heterocycles. The number of nitrogens with zero attached hydrogens (tertiary/aromatic N) is 1. The molecule has 0 aliphatic carbocycles. The van der Waals surface area contributed by atoms with E-state index in [1.807, 2.05) is 38.1 Å². The van der Waals surface area contributed by atoms with Gasteiger partial charge in [-0.3, -0.25) is 9.59 Å². The number of ether oxygens (including phenoxy) is 1. The van der Waals surface area contributed by atoms with Crippen molar-refractivity contribution >= 4 is 11.9 Å². The molecule has 0 aromatic heterocycles. The van der Waals surface area contributed by atoms with Crippen LogP contribution in [0.1, 0.15) is 38.2 Å². The number of aliphatic carboxylic acids is 1. The van der Waals surface area contributed by atoms with Crippen LogP contribution >= 0.6 is 0 Å². The minimum absolute atomic E-state index is 0.0939. The molecule has 0 saturated carbocycles. The van der Waals surface area contributed by atoms with Crippen molar-refractivity contribution in [1.29, 1.82) is 0 Å². The van der Waals surface area contributed by atoms with Gasteiger partial charge in [0.2, 0.25) is 5.91 Å². The van der Waals surface area contributed by atoms with Crippen molar-refractivity contribution in [3.63, 3.8) is 0 Å². The van der Waals surface area contributed by atoms with Crippen molar-refractivity contribution in [3.8, 4) is 5.75 Å². The molecular formula is C16H21NO4. The van der Waals surface area contributed by atoms with E-state index < -0.39 is 5.97 Å². The number of carbonyl (C=O) groups is 2. The van der Waals surface area contributed by atoms with Gasteiger partial charge in [0, 0.05) is 11.6 Å². The highest BCUT2D eigenvalue weighted by Crippen LogP contribution is 2.35. The molecule has 5 nitrogen and oxygen atoms in total. The summed E-state index contributed by atoms with van der Waals surface area (Å²) >= 11 is 0. The average molecular weight is 291 g/mol. The molecule has 1 N–H and O–H groups in total. The van der Waals surface area contributed by atoms with Gasteiger partial charge in [-0.1, -0.05) is 25.1 Å². The van der Waals surface area contributed by atoms with Crippen LogP contribution in [-0.4, -0.2) is 41.1 Å². The molecule has 1 aliphatic rings. The second-order valence-corrected chi connectivity index (χ2v) is 5.34. The number of carboxylic acid groups (broad SMARTS) is 1. The number of fused-ring (bicyclic) bond motifs is 1. The minimum Gasteiger partial charge on any atom is -0.493 e. The zero-order valence-corrected chi connectivity index (χ0v) is 12.4. The molecule has 0 bridgehead atoms. The Morgan fingerprint density at radius 1 is 1.43 bits per heavy atom. The normalized spacial score (nSPS) is 18.3. The predicted molar refractivity (Wildman–Crippen MR) is 78.4 cm³/mol. The Labute approximate surface area is 124 Å². The topological polar surface area (TPSA) is 66.8 Å². The summed E-state index contributed by atoms with van der Waals surface area (Å²) in [5.74, 6) is -0.698. The largest absolute Gasteiger partial charge is 0.493 e. The monoisotopic (exact) mass is 291 g/mol. The summed E-state index contributed by atoms with van der Waals surface area (Å²) in [5, 5.41) is 9.05. The van der Waals surface area contributed by atoms with Crippen molar-refractivity contribution in [2.45, 2.75) is 38.6 Å². The van der Waals surface area contributed by atoms with Gasteiger partial charge in [0.05, 0.1) is 12.5 Å². The maximum absolute atomic E-state index is 12.8. The molecule has 0 saturated heterocycles. The zero-order chi connectivity index (χ0) is 15.4. The quantitative estimate of drug-likeness (QED) is 0.903. The number of benzene rings is 1. The highest BCUT2D eigenvalue weighted by molar-refractivity contribution is 5.87.